The van der Waals surface area contributed by atoms with Gasteiger partial charge in [-0.15, -0.1) is 0 Å². The van der Waals surface area contributed by atoms with Crippen LogP contribution in [0.4, 0.5) is 0 Å². The molecule has 1 aliphatic heterocycles. The van der Waals surface area contributed by atoms with E-state index in [0.29, 0.717) is 17.9 Å². The predicted octanol–water partition coefficient (Wildman–Crippen LogP) is 1.74. The van der Waals surface area contributed by atoms with Gasteiger partial charge in [-0.3, -0.25) is 4.79 Å². The SMILES string of the molecule is O=C1OC2CCCCC3CC1C32. The van der Waals surface area contributed by atoms with Crippen LogP contribution in [0.25, 0.3) is 0 Å². The summed E-state index contributed by atoms with van der Waals surface area (Å²) in [6, 6.07) is 0. The molecule has 0 amide bonds. The minimum absolute atomic E-state index is 0.100. The van der Waals surface area contributed by atoms with Crippen molar-refractivity contribution in [3.63, 3.8) is 0 Å². The molecule has 0 spiro atoms. The van der Waals surface area contributed by atoms with Gasteiger partial charge in [-0.25, -0.2) is 0 Å². The van der Waals surface area contributed by atoms with Crippen molar-refractivity contribution in [1.29, 1.82) is 0 Å². The highest BCUT2D eigenvalue weighted by Crippen LogP contribution is 2.53. The zero-order valence-electron chi connectivity index (χ0n) is 7.16. The summed E-state index contributed by atoms with van der Waals surface area (Å²) in [6.45, 7) is 0. The molecule has 2 heteroatoms. The standard InChI is InChI=1S/C10H14O2/c11-10-7-5-6-3-1-2-4-8(12-10)9(6)7/h6-9H,1-5H2. The highest BCUT2D eigenvalue weighted by molar-refractivity contribution is 5.76. The smallest absolute Gasteiger partial charge is 0.309 e. The van der Waals surface area contributed by atoms with Gasteiger partial charge >= 0.3 is 5.97 Å². The van der Waals surface area contributed by atoms with Gasteiger partial charge in [-0.1, -0.05) is 6.42 Å². The molecule has 3 fully saturated rings. The van der Waals surface area contributed by atoms with E-state index in [0.717, 1.165) is 18.8 Å². The number of hydrogen-bond donors (Lipinski definition) is 0. The van der Waals surface area contributed by atoms with E-state index in [1.807, 2.05) is 0 Å². The fourth-order valence-corrected chi connectivity index (χ4v) is 3.22. The van der Waals surface area contributed by atoms with E-state index >= 15 is 0 Å². The van der Waals surface area contributed by atoms with Crippen LogP contribution in [-0.2, 0) is 9.53 Å². The number of carbonyl (C=O) groups excluding carboxylic acids is 1. The van der Waals surface area contributed by atoms with Gasteiger partial charge in [-0.05, 0) is 31.6 Å². The Morgan fingerprint density at radius 2 is 2.08 bits per heavy atom. The first-order valence-corrected chi connectivity index (χ1v) is 5.07. The lowest BCUT2D eigenvalue weighted by molar-refractivity contribution is -0.145. The summed E-state index contributed by atoms with van der Waals surface area (Å²) >= 11 is 0. The average Bonchev–Trinajstić information content (AvgIpc) is 2.12. The van der Waals surface area contributed by atoms with Gasteiger partial charge < -0.3 is 4.74 Å². The maximum Gasteiger partial charge on any atom is 0.309 e. The molecule has 2 saturated carbocycles. The minimum Gasteiger partial charge on any atom is -0.462 e. The Morgan fingerprint density at radius 1 is 1.25 bits per heavy atom. The van der Waals surface area contributed by atoms with Gasteiger partial charge in [0.05, 0.1) is 5.92 Å². The van der Waals surface area contributed by atoms with Crippen LogP contribution in [0.2, 0.25) is 0 Å². The lowest BCUT2D eigenvalue weighted by Gasteiger charge is -2.37. The third-order valence-corrected chi connectivity index (χ3v) is 3.88. The summed E-state index contributed by atoms with van der Waals surface area (Å²) in [5.41, 5.74) is 0. The Balaban J connectivity index is 1.87. The number of esters is 1. The number of ether oxygens (including phenoxy) is 1. The predicted molar refractivity (Wildman–Crippen MR) is 43.4 cm³/mol. The van der Waals surface area contributed by atoms with Crippen LogP contribution in [0.5, 0.6) is 0 Å². The van der Waals surface area contributed by atoms with Gasteiger partial charge in [0.1, 0.15) is 6.10 Å². The molecule has 0 aromatic rings. The van der Waals surface area contributed by atoms with Gasteiger partial charge in [0.15, 0.2) is 0 Å². The topological polar surface area (TPSA) is 26.3 Å². The van der Waals surface area contributed by atoms with Crippen LogP contribution in [0.15, 0.2) is 0 Å². The summed E-state index contributed by atoms with van der Waals surface area (Å²) in [5.74, 6) is 1.86. The zero-order valence-corrected chi connectivity index (χ0v) is 7.16. The van der Waals surface area contributed by atoms with Crippen molar-refractivity contribution in [1.82, 2.24) is 0 Å². The lowest BCUT2D eigenvalue weighted by atomic mass is 9.63. The zero-order chi connectivity index (χ0) is 8.13. The van der Waals surface area contributed by atoms with E-state index in [4.69, 9.17) is 4.74 Å². The van der Waals surface area contributed by atoms with Crippen molar-refractivity contribution in [2.75, 3.05) is 0 Å². The molecule has 66 valence electrons. The molecule has 4 unspecified atom stereocenters. The Kier molecular flexibility index (Phi) is 1.29. The minimum atomic E-state index is 0.100. The van der Waals surface area contributed by atoms with Crippen molar-refractivity contribution in [2.24, 2.45) is 17.8 Å². The van der Waals surface area contributed by atoms with Crippen LogP contribution >= 0.6 is 0 Å². The maximum absolute atomic E-state index is 11.3. The van der Waals surface area contributed by atoms with Crippen molar-refractivity contribution in [3.8, 4) is 0 Å². The van der Waals surface area contributed by atoms with E-state index in [2.05, 4.69) is 0 Å². The summed E-state index contributed by atoms with van der Waals surface area (Å²) in [4.78, 5) is 11.3. The number of carbonyl (C=O) groups is 1. The summed E-state index contributed by atoms with van der Waals surface area (Å²) in [7, 11) is 0. The lowest BCUT2D eigenvalue weighted by Crippen LogP contribution is -2.39. The van der Waals surface area contributed by atoms with Gasteiger partial charge in [-0.2, -0.15) is 0 Å². The monoisotopic (exact) mass is 166 g/mol. The molecule has 2 nitrogen and oxygen atoms in total. The molecule has 4 atom stereocenters. The third kappa shape index (κ3) is 0.732. The second kappa shape index (κ2) is 2.24. The molecule has 3 rings (SSSR count). The normalized spacial score (nSPS) is 50.5. The first kappa shape index (κ1) is 6.93. The van der Waals surface area contributed by atoms with E-state index < -0.39 is 0 Å². The maximum atomic E-state index is 11.3. The largest absolute Gasteiger partial charge is 0.462 e. The number of hydrogen-bond acceptors (Lipinski definition) is 2. The molecule has 3 aliphatic rings. The Morgan fingerprint density at radius 3 is 3.00 bits per heavy atom. The molecule has 0 bridgehead atoms. The van der Waals surface area contributed by atoms with Gasteiger partial charge in [0, 0.05) is 5.92 Å². The van der Waals surface area contributed by atoms with E-state index in [-0.39, 0.29) is 5.97 Å². The summed E-state index contributed by atoms with van der Waals surface area (Å²) < 4.78 is 5.36. The molecular weight excluding hydrogens is 152 g/mol. The summed E-state index contributed by atoms with van der Waals surface area (Å²) in [5, 5.41) is 0. The van der Waals surface area contributed by atoms with Crippen molar-refractivity contribution < 1.29 is 9.53 Å². The van der Waals surface area contributed by atoms with Crippen LogP contribution in [0.3, 0.4) is 0 Å². The molecule has 2 aliphatic carbocycles. The molecule has 1 heterocycles. The molecule has 1 saturated heterocycles. The van der Waals surface area contributed by atoms with E-state index in [1.54, 1.807) is 0 Å². The fourth-order valence-electron chi connectivity index (χ4n) is 3.22. The second-order valence-corrected chi connectivity index (χ2v) is 4.44. The molecule has 0 N–H and O–H groups in total. The second-order valence-electron chi connectivity index (χ2n) is 4.44. The van der Waals surface area contributed by atoms with Crippen LogP contribution in [-0.4, -0.2) is 12.1 Å². The Bertz CT molecular complexity index is 224. The molecule has 12 heavy (non-hydrogen) atoms. The van der Waals surface area contributed by atoms with E-state index in [9.17, 15) is 4.79 Å². The van der Waals surface area contributed by atoms with Crippen molar-refractivity contribution in [2.45, 2.75) is 38.2 Å². The molecule has 0 aromatic heterocycles. The summed E-state index contributed by atoms with van der Waals surface area (Å²) in [6.07, 6.45) is 6.51. The first-order chi connectivity index (χ1) is 5.86. The average molecular weight is 166 g/mol. The Hall–Kier alpha value is -0.530. The molecule has 0 aromatic carbocycles. The highest BCUT2D eigenvalue weighted by atomic mass is 16.6. The quantitative estimate of drug-likeness (QED) is 0.512. The number of rotatable bonds is 0. The van der Waals surface area contributed by atoms with Crippen molar-refractivity contribution in [3.05, 3.63) is 0 Å². The van der Waals surface area contributed by atoms with Crippen molar-refractivity contribution >= 4 is 5.97 Å². The third-order valence-electron chi connectivity index (χ3n) is 3.88. The molecular formula is C10H14O2. The molecule has 0 radical (unpaired) electrons. The van der Waals surface area contributed by atoms with Crippen LogP contribution < -0.4 is 0 Å². The fraction of sp³-hybridized carbons (Fsp3) is 0.900. The van der Waals surface area contributed by atoms with Gasteiger partial charge in [0.25, 0.3) is 0 Å². The Labute approximate surface area is 72.3 Å². The highest BCUT2D eigenvalue weighted by Gasteiger charge is 2.56. The van der Waals surface area contributed by atoms with Gasteiger partial charge in [0.2, 0.25) is 0 Å². The van der Waals surface area contributed by atoms with E-state index in [1.165, 1.54) is 19.3 Å². The van der Waals surface area contributed by atoms with Crippen LogP contribution in [0.1, 0.15) is 32.1 Å². The van der Waals surface area contributed by atoms with Crippen LogP contribution in [0, 0.1) is 17.8 Å². The first-order valence-electron chi connectivity index (χ1n) is 5.07.